The highest BCUT2D eigenvalue weighted by molar-refractivity contribution is 7.99. The SMILES string of the molecule is Nn1cnnc1SCC(=O)NCCc1ccc(F)cc1. The molecular formula is C12H14FN5OS. The number of amides is 1. The lowest BCUT2D eigenvalue weighted by Crippen LogP contribution is -2.27. The first kappa shape index (κ1) is 14.3. The molecule has 0 atom stereocenters. The number of rotatable bonds is 6. The highest BCUT2D eigenvalue weighted by Crippen LogP contribution is 2.11. The summed E-state index contributed by atoms with van der Waals surface area (Å²) in [7, 11) is 0. The Balaban J connectivity index is 1.68. The predicted octanol–water partition coefficient (Wildman–Crippen LogP) is 0.582. The van der Waals surface area contributed by atoms with Crippen molar-refractivity contribution in [3.8, 4) is 0 Å². The number of benzene rings is 1. The number of carbonyl (C=O) groups excluding carboxylic acids is 1. The van der Waals surface area contributed by atoms with Gasteiger partial charge in [-0.3, -0.25) is 4.79 Å². The molecule has 2 aromatic rings. The van der Waals surface area contributed by atoms with Gasteiger partial charge in [0.1, 0.15) is 12.1 Å². The van der Waals surface area contributed by atoms with E-state index in [-0.39, 0.29) is 17.5 Å². The number of aromatic nitrogens is 3. The van der Waals surface area contributed by atoms with Crippen LogP contribution in [-0.4, -0.2) is 33.1 Å². The molecule has 8 heteroatoms. The number of thioether (sulfide) groups is 1. The van der Waals surface area contributed by atoms with E-state index in [4.69, 9.17) is 5.84 Å². The molecule has 1 aromatic carbocycles. The topological polar surface area (TPSA) is 85.8 Å². The van der Waals surface area contributed by atoms with E-state index < -0.39 is 0 Å². The highest BCUT2D eigenvalue weighted by atomic mass is 32.2. The molecule has 0 saturated carbocycles. The summed E-state index contributed by atoms with van der Waals surface area (Å²) in [6, 6.07) is 6.21. The van der Waals surface area contributed by atoms with Crippen LogP contribution in [0.1, 0.15) is 5.56 Å². The minimum atomic E-state index is -0.264. The number of hydrogen-bond acceptors (Lipinski definition) is 5. The molecule has 0 aliphatic rings. The third-order valence-corrected chi connectivity index (χ3v) is 3.48. The molecule has 6 nitrogen and oxygen atoms in total. The van der Waals surface area contributed by atoms with Crippen molar-refractivity contribution in [2.75, 3.05) is 18.1 Å². The Morgan fingerprint density at radius 1 is 1.40 bits per heavy atom. The van der Waals surface area contributed by atoms with E-state index >= 15 is 0 Å². The number of nitrogens with one attached hydrogen (secondary N) is 1. The van der Waals surface area contributed by atoms with Gasteiger partial charge in [-0.25, -0.2) is 9.07 Å². The Kier molecular flexibility index (Phi) is 4.94. The molecule has 2 rings (SSSR count). The third kappa shape index (κ3) is 4.23. The molecule has 20 heavy (non-hydrogen) atoms. The van der Waals surface area contributed by atoms with Crippen molar-refractivity contribution in [3.63, 3.8) is 0 Å². The van der Waals surface area contributed by atoms with E-state index in [1.807, 2.05) is 0 Å². The maximum Gasteiger partial charge on any atom is 0.230 e. The second-order valence-electron chi connectivity index (χ2n) is 4.04. The van der Waals surface area contributed by atoms with Crippen molar-refractivity contribution in [3.05, 3.63) is 42.0 Å². The molecule has 0 saturated heterocycles. The van der Waals surface area contributed by atoms with E-state index in [9.17, 15) is 9.18 Å². The van der Waals surface area contributed by atoms with Crippen molar-refractivity contribution < 1.29 is 9.18 Å². The van der Waals surface area contributed by atoms with E-state index in [1.54, 1.807) is 12.1 Å². The summed E-state index contributed by atoms with van der Waals surface area (Å²) in [5.41, 5.74) is 0.973. The number of nitrogens with zero attached hydrogens (tertiary/aromatic N) is 3. The average Bonchev–Trinajstić information content (AvgIpc) is 2.84. The van der Waals surface area contributed by atoms with Crippen LogP contribution >= 0.6 is 11.8 Å². The average molecular weight is 295 g/mol. The molecule has 1 amide bonds. The molecule has 0 aliphatic heterocycles. The number of nitrogens with two attached hydrogens (primary N) is 1. The van der Waals surface area contributed by atoms with Crippen LogP contribution in [0.25, 0.3) is 0 Å². The Labute approximate surface area is 119 Å². The maximum atomic E-state index is 12.7. The molecule has 1 heterocycles. The zero-order valence-corrected chi connectivity index (χ0v) is 11.4. The lowest BCUT2D eigenvalue weighted by molar-refractivity contribution is -0.118. The molecule has 0 aliphatic carbocycles. The summed E-state index contributed by atoms with van der Waals surface area (Å²) >= 11 is 1.21. The summed E-state index contributed by atoms with van der Waals surface area (Å²) in [6.07, 6.45) is 2.03. The maximum absolute atomic E-state index is 12.7. The Morgan fingerprint density at radius 3 is 2.80 bits per heavy atom. The monoisotopic (exact) mass is 295 g/mol. The van der Waals surface area contributed by atoms with Crippen molar-refractivity contribution in [1.82, 2.24) is 20.2 Å². The largest absolute Gasteiger partial charge is 0.355 e. The molecule has 0 fully saturated rings. The van der Waals surface area contributed by atoms with Crippen LogP contribution in [-0.2, 0) is 11.2 Å². The normalized spacial score (nSPS) is 10.4. The van der Waals surface area contributed by atoms with Crippen molar-refractivity contribution in [2.24, 2.45) is 0 Å². The first-order chi connectivity index (χ1) is 9.65. The van der Waals surface area contributed by atoms with Gasteiger partial charge < -0.3 is 11.2 Å². The minimum absolute atomic E-state index is 0.111. The van der Waals surface area contributed by atoms with Gasteiger partial charge in [0.05, 0.1) is 5.75 Å². The van der Waals surface area contributed by atoms with Crippen molar-refractivity contribution in [2.45, 2.75) is 11.6 Å². The molecule has 0 spiro atoms. The fraction of sp³-hybridized carbons (Fsp3) is 0.250. The van der Waals surface area contributed by atoms with Crippen LogP contribution in [0, 0.1) is 5.82 Å². The molecular weight excluding hydrogens is 281 g/mol. The smallest absolute Gasteiger partial charge is 0.230 e. The van der Waals surface area contributed by atoms with Gasteiger partial charge in [0, 0.05) is 6.54 Å². The van der Waals surface area contributed by atoms with E-state index in [0.29, 0.717) is 18.1 Å². The van der Waals surface area contributed by atoms with Gasteiger partial charge >= 0.3 is 0 Å². The number of halogens is 1. The first-order valence-electron chi connectivity index (χ1n) is 5.94. The fourth-order valence-corrected chi connectivity index (χ4v) is 2.18. The molecule has 3 N–H and O–H groups in total. The van der Waals surface area contributed by atoms with Crippen LogP contribution in [0.5, 0.6) is 0 Å². The Bertz CT molecular complexity index is 571. The third-order valence-electron chi connectivity index (χ3n) is 2.52. The van der Waals surface area contributed by atoms with Crippen LogP contribution < -0.4 is 11.2 Å². The number of nitrogen functional groups attached to an aromatic ring is 1. The van der Waals surface area contributed by atoms with Gasteiger partial charge in [-0.1, -0.05) is 23.9 Å². The lowest BCUT2D eigenvalue weighted by atomic mass is 10.1. The van der Waals surface area contributed by atoms with Gasteiger partial charge in [-0.15, -0.1) is 10.2 Å². The van der Waals surface area contributed by atoms with E-state index in [1.165, 1.54) is 34.9 Å². The standard InChI is InChI=1S/C12H14FN5OS/c13-10-3-1-9(2-4-10)5-6-15-11(19)7-20-12-17-16-8-18(12)14/h1-4,8H,5-7,14H2,(H,15,19). The van der Waals surface area contributed by atoms with E-state index in [0.717, 1.165) is 5.56 Å². The summed E-state index contributed by atoms with van der Waals surface area (Å²) in [5, 5.41) is 10.6. The van der Waals surface area contributed by atoms with Gasteiger partial charge in [-0.05, 0) is 24.1 Å². The summed E-state index contributed by atoms with van der Waals surface area (Å²) in [5.74, 6) is 5.37. The van der Waals surface area contributed by atoms with Gasteiger partial charge in [0.25, 0.3) is 0 Å². The van der Waals surface area contributed by atoms with Gasteiger partial charge in [0.15, 0.2) is 0 Å². The second kappa shape index (κ2) is 6.90. The minimum Gasteiger partial charge on any atom is -0.355 e. The molecule has 106 valence electrons. The second-order valence-corrected chi connectivity index (χ2v) is 4.98. The predicted molar refractivity (Wildman–Crippen MR) is 74.0 cm³/mol. The lowest BCUT2D eigenvalue weighted by Gasteiger charge is -2.05. The zero-order chi connectivity index (χ0) is 14.4. The van der Waals surface area contributed by atoms with Crippen molar-refractivity contribution in [1.29, 1.82) is 0 Å². The van der Waals surface area contributed by atoms with Gasteiger partial charge in [0.2, 0.25) is 11.1 Å². The van der Waals surface area contributed by atoms with Crippen LogP contribution in [0.15, 0.2) is 35.7 Å². The van der Waals surface area contributed by atoms with Crippen LogP contribution in [0.3, 0.4) is 0 Å². The van der Waals surface area contributed by atoms with Crippen LogP contribution in [0.4, 0.5) is 4.39 Å². The molecule has 1 aromatic heterocycles. The summed E-state index contributed by atoms with van der Waals surface area (Å²) < 4.78 is 14.0. The van der Waals surface area contributed by atoms with E-state index in [2.05, 4.69) is 15.5 Å². The molecule has 0 radical (unpaired) electrons. The quantitative estimate of drug-likeness (QED) is 0.601. The fourth-order valence-electron chi connectivity index (χ4n) is 1.51. The van der Waals surface area contributed by atoms with Gasteiger partial charge in [-0.2, -0.15) is 0 Å². The molecule has 0 bridgehead atoms. The van der Waals surface area contributed by atoms with Crippen LogP contribution in [0.2, 0.25) is 0 Å². The number of carbonyl (C=O) groups is 1. The van der Waals surface area contributed by atoms with Crippen molar-refractivity contribution >= 4 is 17.7 Å². The zero-order valence-electron chi connectivity index (χ0n) is 10.6. The molecule has 0 unspecified atom stereocenters. The Hall–Kier alpha value is -2.09. The Morgan fingerprint density at radius 2 is 2.15 bits per heavy atom. The first-order valence-corrected chi connectivity index (χ1v) is 6.93. The summed E-state index contributed by atoms with van der Waals surface area (Å²) in [4.78, 5) is 11.6. The number of hydrogen-bond donors (Lipinski definition) is 2. The highest BCUT2D eigenvalue weighted by Gasteiger charge is 2.06. The summed E-state index contributed by atoms with van der Waals surface area (Å²) in [6.45, 7) is 0.500.